The van der Waals surface area contributed by atoms with Crippen LogP contribution in [-0.2, 0) is 5.41 Å². The number of hydrogen-bond acceptors (Lipinski definition) is 3. The number of phenolic OH excluding ortho intramolecular Hbond substituents is 1. The molecule has 0 atom stereocenters. The van der Waals surface area contributed by atoms with E-state index in [1.165, 1.54) is 43.9 Å². The third-order valence-electron chi connectivity index (χ3n) is 4.42. The van der Waals surface area contributed by atoms with Crippen molar-refractivity contribution in [3.8, 4) is 5.75 Å². The quantitative estimate of drug-likeness (QED) is 0.586. The van der Waals surface area contributed by atoms with Crippen molar-refractivity contribution < 1.29 is 9.90 Å². The first-order chi connectivity index (χ1) is 10.8. The highest BCUT2D eigenvalue weighted by atomic mass is 16.3. The number of benzene rings is 1. The SMILES string of the molecule is CC(C)(C)c1cc(C2CCCCC2)cc(C=NNC(N)=O)c1O. The molecule has 0 heterocycles. The zero-order valence-electron chi connectivity index (χ0n) is 14.2. The van der Waals surface area contributed by atoms with Crippen molar-refractivity contribution >= 4 is 12.2 Å². The van der Waals surface area contributed by atoms with E-state index in [-0.39, 0.29) is 11.2 Å². The summed E-state index contributed by atoms with van der Waals surface area (Å²) in [5.74, 6) is 0.744. The summed E-state index contributed by atoms with van der Waals surface area (Å²) < 4.78 is 0. The van der Waals surface area contributed by atoms with E-state index >= 15 is 0 Å². The van der Waals surface area contributed by atoms with Crippen molar-refractivity contribution in [2.75, 3.05) is 0 Å². The standard InChI is InChI=1S/C18H27N3O2/c1-18(2,3)15-10-13(12-7-5-4-6-8-12)9-14(16(15)22)11-20-21-17(19)23/h9-12,22H,4-8H2,1-3H3,(H3,19,21,23). The molecular weight excluding hydrogens is 290 g/mol. The number of primary amides is 1. The minimum Gasteiger partial charge on any atom is -0.507 e. The van der Waals surface area contributed by atoms with Gasteiger partial charge in [0.1, 0.15) is 5.75 Å². The van der Waals surface area contributed by atoms with Crippen LogP contribution in [0, 0.1) is 0 Å². The molecule has 0 radical (unpaired) electrons. The maximum atomic E-state index is 10.7. The first kappa shape index (κ1) is 17.3. The zero-order valence-corrected chi connectivity index (χ0v) is 14.2. The molecule has 1 fully saturated rings. The van der Waals surface area contributed by atoms with Gasteiger partial charge in [-0.2, -0.15) is 5.10 Å². The Morgan fingerprint density at radius 2 is 1.96 bits per heavy atom. The fourth-order valence-electron chi connectivity index (χ4n) is 3.19. The predicted octanol–water partition coefficient (Wildman–Crippen LogP) is 3.74. The highest BCUT2D eigenvalue weighted by Crippen LogP contribution is 2.39. The Morgan fingerprint density at radius 3 is 2.52 bits per heavy atom. The number of nitrogens with zero attached hydrogens (tertiary/aromatic N) is 1. The molecule has 0 aromatic heterocycles. The molecule has 126 valence electrons. The lowest BCUT2D eigenvalue weighted by molar-refractivity contribution is 0.249. The number of carbonyl (C=O) groups is 1. The molecule has 2 rings (SSSR count). The predicted molar refractivity (Wildman–Crippen MR) is 92.9 cm³/mol. The highest BCUT2D eigenvalue weighted by molar-refractivity contribution is 5.86. The molecule has 1 aliphatic rings. The van der Waals surface area contributed by atoms with Crippen LogP contribution in [0.4, 0.5) is 4.79 Å². The van der Waals surface area contributed by atoms with Gasteiger partial charge in [0.25, 0.3) is 0 Å². The molecule has 5 nitrogen and oxygen atoms in total. The summed E-state index contributed by atoms with van der Waals surface area (Å²) >= 11 is 0. The van der Waals surface area contributed by atoms with E-state index in [2.05, 4.69) is 37.4 Å². The topological polar surface area (TPSA) is 87.7 Å². The number of carbonyl (C=O) groups excluding carboxylic acids is 1. The van der Waals surface area contributed by atoms with Gasteiger partial charge < -0.3 is 10.8 Å². The van der Waals surface area contributed by atoms with E-state index in [0.29, 0.717) is 11.5 Å². The number of nitrogens with two attached hydrogens (primary N) is 1. The van der Waals surface area contributed by atoms with Gasteiger partial charge in [-0.1, -0.05) is 46.1 Å². The second-order valence-electron chi connectivity index (χ2n) is 7.33. The molecule has 0 aliphatic heterocycles. The normalized spacial score (nSPS) is 16.7. The number of amides is 2. The summed E-state index contributed by atoms with van der Waals surface area (Å²) in [6.45, 7) is 6.24. The molecule has 23 heavy (non-hydrogen) atoms. The van der Waals surface area contributed by atoms with Gasteiger partial charge in [0.05, 0.1) is 6.21 Å². The number of hydrazone groups is 1. The van der Waals surface area contributed by atoms with Crippen LogP contribution in [-0.4, -0.2) is 17.4 Å². The van der Waals surface area contributed by atoms with Gasteiger partial charge in [0.2, 0.25) is 0 Å². The fourth-order valence-corrected chi connectivity index (χ4v) is 3.19. The van der Waals surface area contributed by atoms with Crippen LogP contribution in [0.5, 0.6) is 5.75 Å². The van der Waals surface area contributed by atoms with E-state index in [4.69, 9.17) is 5.73 Å². The lowest BCUT2D eigenvalue weighted by Gasteiger charge is -2.27. The Labute approximate surface area is 138 Å². The molecule has 2 amide bonds. The lowest BCUT2D eigenvalue weighted by Crippen LogP contribution is -2.24. The third kappa shape index (κ3) is 4.47. The Hall–Kier alpha value is -2.04. The van der Waals surface area contributed by atoms with Gasteiger partial charge in [-0.25, -0.2) is 10.2 Å². The highest BCUT2D eigenvalue weighted by Gasteiger charge is 2.24. The van der Waals surface area contributed by atoms with E-state index < -0.39 is 6.03 Å². The minimum atomic E-state index is -0.722. The maximum absolute atomic E-state index is 10.7. The number of urea groups is 1. The lowest BCUT2D eigenvalue weighted by atomic mass is 9.79. The number of nitrogens with one attached hydrogen (secondary N) is 1. The molecule has 4 N–H and O–H groups in total. The van der Waals surface area contributed by atoms with Gasteiger partial charge in [0, 0.05) is 11.1 Å². The average Bonchev–Trinajstić information content (AvgIpc) is 2.48. The smallest absolute Gasteiger partial charge is 0.332 e. The van der Waals surface area contributed by atoms with Crippen molar-refractivity contribution in [2.45, 2.75) is 64.2 Å². The Bertz CT molecular complexity index is 597. The van der Waals surface area contributed by atoms with E-state index in [1.54, 1.807) is 0 Å². The van der Waals surface area contributed by atoms with Crippen molar-refractivity contribution in [1.29, 1.82) is 0 Å². The maximum Gasteiger partial charge on any atom is 0.332 e. The van der Waals surface area contributed by atoms with Crippen LogP contribution in [0.3, 0.4) is 0 Å². The van der Waals surface area contributed by atoms with Crippen molar-refractivity contribution in [2.24, 2.45) is 10.8 Å². The second kappa shape index (κ2) is 7.02. The van der Waals surface area contributed by atoms with Gasteiger partial charge in [-0.3, -0.25) is 0 Å². The van der Waals surface area contributed by atoms with Crippen LogP contribution >= 0.6 is 0 Å². The summed E-state index contributed by atoms with van der Waals surface area (Å²) in [4.78, 5) is 10.7. The number of hydrogen-bond donors (Lipinski definition) is 3. The Morgan fingerprint density at radius 1 is 1.30 bits per heavy atom. The average molecular weight is 317 g/mol. The first-order valence-electron chi connectivity index (χ1n) is 8.25. The zero-order chi connectivity index (χ0) is 17.0. The summed E-state index contributed by atoms with van der Waals surface area (Å²) in [7, 11) is 0. The monoisotopic (exact) mass is 317 g/mol. The molecule has 1 saturated carbocycles. The van der Waals surface area contributed by atoms with Crippen molar-refractivity contribution in [3.63, 3.8) is 0 Å². The molecule has 0 bridgehead atoms. The van der Waals surface area contributed by atoms with Crippen molar-refractivity contribution in [1.82, 2.24) is 5.43 Å². The molecule has 1 aromatic carbocycles. The molecule has 1 aromatic rings. The Kier molecular flexibility index (Phi) is 5.29. The Balaban J connectivity index is 2.42. The largest absolute Gasteiger partial charge is 0.507 e. The van der Waals surface area contributed by atoms with Crippen LogP contribution < -0.4 is 11.2 Å². The number of rotatable bonds is 3. The molecule has 1 aliphatic carbocycles. The number of aromatic hydroxyl groups is 1. The van der Waals surface area contributed by atoms with Gasteiger partial charge >= 0.3 is 6.03 Å². The number of phenols is 1. The third-order valence-corrected chi connectivity index (χ3v) is 4.42. The van der Waals surface area contributed by atoms with Crippen LogP contribution in [0.1, 0.15) is 75.5 Å². The molecular formula is C18H27N3O2. The first-order valence-corrected chi connectivity index (χ1v) is 8.25. The molecule has 0 spiro atoms. The van der Waals surface area contributed by atoms with Gasteiger partial charge in [-0.15, -0.1) is 0 Å². The second-order valence-corrected chi connectivity index (χ2v) is 7.33. The van der Waals surface area contributed by atoms with Gasteiger partial charge in [-0.05, 0) is 35.8 Å². The van der Waals surface area contributed by atoms with Crippen molar-refractivity contribution in [3.05, 3.63) is 28.8 Å². The molecule has 5 heteroatoms. The van der Waals surface area contributed by atoms with Crippen LogP contribution in [0.2, 0.25) is 0 Å². The van der Waals surface area contributed by atoms with E-state index in [0.717, 1.165) is 5.56 Å². The van der Waals surface area contributed by atoms with E-state index in [1.807, 2.05) is 6.07 Å². The van der Waals surface area contributed by atoms with Crippen LogP contribution in [0.25, 0.3) is 0 Å². The minimum absolute atomic E-state index is 0.172. The fraction of sp³-hybridized carbons (Fsp3) is 0.556. The summed E-state index contributed by atoms with van der Waals surface area (Å²) in [5.41, 5.74) is 9.78. The summed E-state index contributed by atoms with van der Waals surface area (Å²) in [6.07, 6.45) is 7.64. The summed E-state index contributed by atoms with van der Waals surface area (Å²) in [5, 5.41) is 14.4. The summed E-state index contributed by atoms with van der Waals surface area (Å²) in [6, 6.07) is 3.39. The molecule has 0 saturated heterocycles. The van der Waals surface area contributed by atoms with Gasteiger partial charge in [0.15, 0.2) is 0 Å². The molecule has 0 unspecified atom stereocenters. The van der Waals surface area contributed by atoms with Crippen LogP contribution in [0.15, 0.2) is 17.2 Å². The van der Waals surface area contributed by atoms with E-state index in [9.17, 15) is 9.90 Å².